The van der Waals surface area contributed by atoms with Gasteiger partial charge >= 0.3 is 0 Å². The fraction of sp³-hybridized carbons (Fsp3) is 0.429. The molecule has 1 aliphatic rings. The van der Waals surface area contributed by atoms with Gasteiger partial charge in [0.2, 0.25) is 0 Å². The van der Waals surface area contributed by atoms with Gasteiger partial charge in [-0.1, -0.05) is 30.7 Å². The number of likely N-dealkylation sites (N-methyl/N-ethyl adjacent to an activating group) is 1. The predicted molar refractivity (Wildman–Crippen MR) is 72.5 cm³/mol. The van der Waals surface area contributed by atoms with Crippen molar-refractivity contribution >= 4 is 15.9 Å². The zero-order valence-electron chi connectivity index (χ0n) is 9.97. The first-order chi connectivity index (χ1) is 8.24. The largest absolute Gasteiger partial charge is 0.307 e. The van der Waals surface area contributed by atoms with E-state index in [1.807, 2.05) is 12.1 Å². The average molecular weight is 298 g/mol. The molecule has 1 nitrogen and oxygen atoms in total. The summed E-state index contributed by atoms with van der Waals surface area (Å²) >= 11 is 3.25. The lowest BCUT2D eigenvalue weighted by molar-refractivity contribution is 0.544. The molecule has 1 aromatic carbocycles. The van der Waals surface area contributed by atoms with Gasteiger partial charge in [0.25, 0.3) is 0 Å². The van der Waals surface area contributed by atoms with Gasteiger partial charge in [0.05, 0.1) is 10.5 Å². The highest BCUT2D eigenvalue weighted by molar-refractivity contribution is 9.10. The van der Waals surface area contributed by atoms with Crippen LogP contribution in [0.4, 0.5) is 4.39 Å². The fourth-order valence-corrected chi connectivity index (χ4v) is 2.73. The Balaban J connectivity index is 2.35. The summed E-state index contributed by atoms with van der Waals surface area (Å²) in [7, 11) is 0. The maximum Gasteiger partial charge on any atom is 0.142 e. The summed E-state index contributed by atoms with van der Waals surface area (Å²) in [6.45, 7) is 2.90. The number of nitrogens with one attached hydrogen (secondary N) is 1. The highest BCUT2D eigenvalue weighted by Crippen LogP contribution is 2.33. The Morgan fingerprint density at radius 3 is 2.94 bits per heavy atom. The van der Waals surface area contributed by atoms with Crippen LogP contribution in [0.25, 0.3) is 0 Å². The second-order valence-corrected chi connectivity index (χ2v) is 5.16. The van der Waals surface area contributed by atoms with E-state index in [9.17, 15) is 4.39 Å². The number of hydrogen-bond donors (Lipinski definition) is 1. The van der Waals surface area contributed by atoms with Crippen molar-refractivity contribution in [3.63, 3.8) is 0 Å². The average Bonchev–Trinajstić information content (AvgIpc) is 2.84. The molecule has 0 saturated heterocycles. The SMILES string of the molecule is CCNC(C1=CCCC1)c1cccc(Br)c1F. The number of halogens is 2. The van der Waals surface area contributed by atoms with E-state index in [2.05, 4.69) is 34.2 Å². The quantitative estimate of drug-likeness (QED) is 0.815. The van der Waals surface area contributed by atoms with Crippen molar-refractivity contribution in [2.24, 2.45) is 0 Å². The molecular formula is C14H17BrFN. The third-order valence-electron chi connectivity index (χ3n) is 3.15. The molecule has 0 fully saturated rings. The molecule has 0 aromatic heterocycles. The summed E-state index contributed by atoms with van der Waals surface area (Å²) in [6.07, 6.45) is 5.62. The number of benzene rings is 1. The first-order valence-corrected chi connectivity index (χ1v) is 6.89. The molecule has 92 valence electrons. The Labute approximate surface area is 110 Å². The van der Waals surface area contributed by atoms with Crippen LogP contribution in [0, 0.1) is 5.82 Å². The van der Waals surface area contributed by atoms with Crippen LogP contribution in [0.5, 0.6) is 0 Å². The minimum absolute atomic E-state index is 0.0278. The van der Waals surface area contributed by atoms with E-state index in [1.165, 1.54) is 12.0 Å². The van der Waals surface area contributed by atoms with Crippen LogP contribution < -0.4 is 5.32 Å². The van der Waals surface area contributed by atoms with Crippen LogP contribution in [0.1, 0.15) is 37.8 Å². The van der Waals surface area contributed by atoms with Gasteiger partial charge in [0.1, 0.15) is 5.82 Å². The summed E-state index contributed by atoms with van der Waals surface area (Å²) in [4.78, 5) is 0. The molecule has 1 atom stereocenters. The van der Waals surface area contributed by atoms with E-state index in [0.717, 1.165) is 24.9 Å². The van der Waals surface area contributed by atoms with Gasteiger partial charge in [-0.25, -0.2) is 4.39 Å². The summed E-state index contributed by atoms with van der Waals surface area (Å²) in [5, 5.41) is 3.38. The van der Waals surface area contributed by atoms with Crippen molar-refractivity contribution in [3.8, 4) is 0 Å². The van der Waals surface area contributed by atoms with Gasteiger partial charge in [0, 0.05) is 5.56 Å². The molecule has 0 amide bonds. The van der Waals surface area contributed by atoms with Gasteiger partial charge in [-0.3, -0.25) is 0 Å². The van der Waals surface area contributed by atoms with Crippen LogP contribution in [-0.2, 0) is 0 Å². The topological polar surface area (TPSA) is 12.0 Å². The summed E-state index contributed by atoms with van der Waals surface area (Å²) in [6, 6.07) is 5.53. The van der Waals surface area contributed by atoms with Crippen LogP contribution in [0.2, 0.25) is 0 Å². The van der Waals surface area contributed by atoms with Crippen molar-refractivity contribution in [2.45, 2.75) is 32.2 Å². The monoisotopic (exact) mass is 297 g/mol. The van der Waals surface area contributed by atoms with E-state index in [1.54, 1.807) is 6.07 Å². The van der Waals surface area contributed by atoms with Gasteiger partial charge in [-0.15, -0.1) is 0 Å². The second-order valence-electron chi connectivity index (χ2n) is 4.31. The molecule has 0 heterocycles. The maximum atomic E-state index is 14.1. The molecule has 0 saturated carbocycles. The molecule has 3 heteroatoms. The number of rotatable bonds is 4. The molecule has 0 spiro atoms. The minimum atomic E-state index is -0.147. The van der Waals surface area contributed by atoms with Gasteiger partial charge in [-0.05, 0) is 47.8 Å². The smallest absolute Gasteiger partial charge is 0.142 e. The number of allylic oxidation sites excluding steroid dienone is 1. The van der Waals surface area contributed by atoms with Crippen LogP contribution >= 0.6 is 15.9 Å². The third kappa shape index (κ3) is 2.78. The highest BCUT2D eigenvalue weighted by atomic mass is 79.9. The van der Waals surface area contributed by atoms with Gasteiger partial charge < -0.3 is 5.32 Å². The standard InChI is InChI=1S/C14H17BrFN/c1-2-17-14(10-6-3-4-7-10)11-8-5-9-12(15)13(11)16/h5-6,8-9,14,17H,2-4,7H2,1H3. The van der Waals surface area contributed by atoms with Crippen LogP contribution in [0.15, 0.2) is 34.3 Å². The minimum Gasteiger partial charge on any atom is -0.307 e. The summed E-state index contributed by atoms with van der Waals surface area (Å²) in [5.74, 6) is -0.147. The van der Waals surface area contributed by atoms with E-state index in [0.29, 0.717) is 4.47 Å². The van der Waals surface area contributed by atoms with Gasteiger partial charge in [-0.2, -0.15) is 0 Å². The molecule has 1 aliphatic carbocycles. The Kier molecular flexibility index (Phi) is 4.35. The van der Waals surface area contributed by atoms with Crippen molar-refractivity contribution in [1.29, 1.82) is 0 Å². The van der Waals surface area contributed by atoms with Crippen LogP contribution in [-0.4, -0.2) is 6.54 Å². The first-order valence-electron chi connectivity index (χ1n) is 6.10. The Bertz CT molecular complexity index is 428. The van der Waals surface area contributed by atoms with E-state index in [4.69, 9.17) is 0 Å². The van der Waals surface area contributed by atoms with E-state index < -0.39 is 0 Å². The summed E-state index contributed by atoms with van der Waals surface area (Å²) < 4.78 is 14.7. The fourth-order valence-electron chi connectivity index (χ4n) is 2.35. The van der Waals surface area contributed by atoms with Gasteiger partial charge in [0.15, 0.2) is 0 Å². The second kappa shape index (κ2) is 5.78. The zero-order valence-corrected chi connectivity index (χ0v) is 11.6. The van der Waals surface area contributed by atoms with Crippen molar-refractivity contribution < 1.29 is 4.39 Å². The molecule has 1 aromatic rings. The summed E-state index contributed by atoms with van der Waals surface area (Å²) in [5.41, 5.74) is 2.07. The zero-order chi connectivity index (χ0) is 12.3. The molecule has 0 radical (unpaired) electrons. The Morgan fingerprint density at radius 1 is 1.47 bits per heavy atom. The highest BCUT2D eigenvalue weighted by Gasteiger charge is 2.21. The first kappa shape index (κ1) is 12.8. The van der Waals surface area contributed by atoms with Crippen LogP contribution in [0.3, 0.4) is 0 Å². The van der Waals surface area contributed by atoms with Crippen molar-refractivity contribution in [3.05, 3.63) is 45.7 Å². The molecule has 1 unspecified atom stereocenters. The molecule has 17 heavy (non-hydrogen) atoms. The predicted octanol–water partition coefficient (Wildman–Crippen LogP) is 4.35. The van der Waals surface area contributed by atoms with E-state index in [-0.39, 0.29) is 11.9 Å². The molecular weight excluding hydrogens is 281 g/mol. The maximum absolute atomic E-state index is 14.1. The third-order valence-corrected chi connectivity index (χ3v) is 3.76. The lowest BCUT2D eigenvalue weighted by atomic mass is 9.97. The molecule has 1 N–H and O–H groups in total. The lowest BCUT2D eigenvalue weighted by Crippen LogP contribution is -2.23. The molecule has 0 bridgehead atoms. The molecule has 2 rings (SSSR count). The Morgan fingerprint density at radius 2 is 2.29 bits per heavy atom. The lowest BCUT2D eigenvalue weighted by Gasteiger charge is -2.21. The molecule has 0 aliphatic heterocycles. The Hall–Kier alpha value is -0.670. The van der Waals surface area contributed by atoms with Crippen molar-refractivity contribution in [2.75, 3.05) is 6.54 Å². The normalized spacial score (nSPS) is 17.0. The number of hydrogen-bond acceptors (Lipinski definition) is 1. The van der Waals surface area contributed by atoms with E-state index >= 15 is 0 Å². The van der Waals surface area contributed by atoms with Crippen molar-refractivity contribution in [1.82, 2.24) is 5.32 Å².